The van der Waals surface area contributed by atoms with Crippen LogP contribution in [0.4, 0.5) is 0 Å². The van der Waals surface area contributed by atoms with Gasteiger partial charge in [-0.05, 0) is 54.6 Å². The zero-order valence-corrected chi connectivity index (χ0v) is 17.2. The Labute approximate surface area is 168 Å². The number of alkyl halides is 1. The minimum Gasteiger partial charge on any atom is -0.350 e. The highest BCUT2D eigenvalue weighted by Crippen LogP contribution is 2.63. The first-order valence-electron chi connectivity index (χ1n) is 9.99. The van der Waals surface area contributed by atoms with Gasteiger partial charge in [0, 0.05) is 23.6 Å². The number of aromatic nitrogens is 2. The number of aryl methyl sites for hydroxylation is 1. The summed E-state index contributed by atoms with van der Waals surface area (Å²) in [7, 11) is 0. The van der Waals surface area contributed by atoms with Crippen LogP contribution in [0.25, 0.3) is 5.65 Å². The Bertz CT molecular complexity index is 825. The SMILES string of the molecule is O=C(NCC12CC3CCCC(C1)C3C2)c1cccc2nc(CCI)cn12. The van der Waals surface area contributed by atoms with E-state index in [-0.39, 0.29) is 5.91 Å². The lowest BCUT2D eigenvalue weighted by Gasteiger charge is -2.38. The zero-order chi connectivity index (χ0) is 17.7. The summed E-state index contributed by atoms with van der Waals surface area (Å²) in [6, 6.07) is 5.83. The highest BCUT2D eigenvalue weighted by atomic mass is 127. The quantitative estimate of drug-likeness (QED) is 0.532. The maximum Gasteiger partial charge on any atom is 0.268 e. The summed E-state index contributed by atoms with van der Waals surface area (Å²) in [6.07, 6.45) is 11.3. The van der Waals surface area contributed by atoms with Crippen LogP contribution < -0.4 is 5.32 Å². The molecular weight excluding hydrogens is 437 g/mol. The number of fused-ring (bicyclic) bond motifs is 2. The Balaban J connectivity index is 1.33. The standard InChI is InChI=1S/C21H26IN3O/c22-8-7-16-12-25-18(5-2-6-19(25)24-16)20(26)23-13-21-9-14-3-1-4-15(10-21)17(14)11-21/h2,5-6,12,14-15,17H,1,3-4,7-11,13H2,(H,23,26). The van der Waals surface area contributed by atoms with Crippen molar-refractivity contribution in [2.45, 2.75) is 44.9 Å². The van der Waals surface area contributed by atoms with Crippen molar-refractivity contribution in [1.29, 1.82) is 0 Å². The highest BCUT2D eigenvalue weighted by Gasteiger charge is 2.56. The lowest BCUT2D eigenvalue weighted by Crippen LogP contribution is -2.38. The van der Waals surface area contributed by atoms with E-state index >= 15 is 0 Å². The number of halogens is 1. The van der Waals surface area contributed by atoms with Gasteiger partial charge < -0.3 is 5.32 Å². The van der Waals surface area contributed by atoms with E-state index in [4.69, 9.17) is 0 Å². The van der Waals surface area contributed by atoms with E-state index < -0.39 is 0 Å². The molecule has 138 valence electrons. The summed E-state index contributed by atoms with van der Waals surface area (Å²) in [4.78, 5) is 17.6. The molecule has 5 rings (SSSR count). The van der Waals surface area contributed by atoms with Crippen molar-refractivity contribution >= 4 is 34.1 Å². The molecule has 3 aliphatic rings. The molecule has 2 atom stereocenters. The summed E-state index contributed by atoms with van der Waals surface area (Å²) in [5, 5.41) is 3.29. The second-order valence-corrected chi connectivity index (χ2v) is 9.80. The molecule has 3 aliphatic carbocycles. The number of carbonyl (C=O) groups excluding carboxylic acids is 1. The molecule has 0 aliphatic heterocycles. The fraction of sp³-hybridized carbons (Fsp3) is 0.619. The summed E-state index contributed by atoms with van der Waals surface area (Å²) < 4.78 is 2.99. The first-order chi connectivity index (χ1) is 12.7. The van der Waals surface area contributed by atoms with E-state index in [1.54, 1.807) is 0 Å². The van der Waals surface area contributed by atoms with E-state index in [2.05, 4.69) is 32.9 Å². The fourth-order valence-corrected chi connectivity index (χ4v) is 6.75. The molecule has 3 saturated carbocycles. The van der Waals surface area contributed by atoms with Crippen LogP contribution in [0.2, 0.25) is 0 Å². The average Bonchev–Trinajstić information content (AvgIpc) is 3.30. The van der Waals surface area contributed by atoms with Gasteiger partial charge in [-0.3, -0.25) is 9.20 Å². The van der Waals surface area contributed by atoms with Gasteiger partial charge in [-0.15, -0.1) is 0 Å². The predicted molar refractivity (Wildman–Crippen MR) is 111 cm³/mol. The first-order valence-corrected chi connectivity index (χ1v) is 11.5. The number of carbonyl (C=O) groups is 1. The molecule has 0 saturated heterocycles. The molecular formula is C21H26IN3O. The van der Waals surface area contributed by atoms with E-state index in [9.17, 15) is 4.79 Å². The van der Waals surface area contributed by atoms with Crippen LogP contribution in [-0.2, 0) is 6.42 Å². The van der Waals surface area contributed by atoms with Crippen LogP contribution in [0.1, 0.15) is 54.7 Å². The number of nitrogens with one attached hydrogen (secondary N) is 1. The monoisotopic (exact) mass is 463 g/mol. The van der Waals surface area contributed by atoms with Gasteiger partial charge in [0.05, 0.1) is 5.69 Å². The summed E-state index contributed by atoms with van der Waals surface area (Å²) in [6.45, 7) is 0.848. The van der Waals surface area contributed by atoms with Gasteiger partial charge in [0.25, 0.3) is 5.91 Å². The molecule has 0 spiro atoms. The van der Waals surface area contributed by atoms with Crippen molar-refractivity contribution < 1.29 is 4.79 Å². The maximum atomic E-state index is 12.9. The van der Waals surface area contributed by atoms with Crippen LogP contribution in [0.15, 0.2) is 24.4 Å². The molecule has 1 N–H and O–H groups in total. The molecule has 4 nitrogen and oxygen atoms in total. The molecule has 3 fully saturated rings. The summed E-state index contributed by atoms with van der Waals surface area (Å²) in [5.41, 5.74) is 3.01. The second kappa shape index (κ2) is 6.50. The molecule has 2 bridgehead atoms. The summed E-state index contributed by atoms with van der Waals surface area (Å²) >= 11 is 2.36. The van der Waals surface area contributed by atoms with E-state index in [1.807, 2.05) is 28.8 Å². The van der Waals surface area contributed by atoms with Gasteiger partial charge in [-0.2, -0.15) is 0 Å². The van der Waals surface area contributed by atoms with Gasteiger partial charge in [0.2, 0.25) is 0 Å². The van der Waals surface area contributed by atoms with E-state index in [0.717, 1.165) is 46.5 Å². The third-order valence-electron chi connectivity index (χ3n) is 7.17. The Hall–Kier alpha value is -1.11. The number of amides is 1. The van der Waals surface area contributed by atoms with Gasteiger partial charge in [0.15, 0.2) is 0 Å². The largest absolute Gasteiger partial charge is 0.350 e. The fourth-order valence-electron chi connectivity index (χ4n) is 6.20. The molecule has 2 heterocycles. The smallest absolute Gasteiger partial charge is 0.268 e. The molecule has 1 amide bonds. The Morgan fingerprint density at radius 1 is 1.27 bits per heavy atom. The van der Waals surface area contributed by atoms with Crippen LogP contribution in [0.3, 0.4) is 0 Å². The third kappa shape index (κ3) is 2.77. The van der Waals surface area contributed by atoms with Gasteiger partial charge in [0.1, 0.15) is 11.3 Å². The number of rotatable bonds is 5. The van der Waals surface area contributed by atoms with E-state index in [0.29, 0.717) is 11.1 Å². The van der Waals surface area contributed by atoms with Gasteiger partial charge in [-0.1, -0.05) is 47.9 Å². The van der Waals surface area contributed by atoms with E-state index in [1.165, 1.54) is 38.5 Å². The van der Waals surface area contributed by atoms with Crippen molar-refractivity contribution in [3.05, 3.63) is 35.8 Å². The van der Waals surface area contributed by atoms with Crippen molar-refractivity contribution in [1.82, 2.24) is 14.7 Å². The molecule has 0 aromatic carbocycles. The lowest BCUT2D eigenvalue weighted by atomic mass is 9.68. The average molecular weight is 463 g/mol. The number of imidazole rings is 1. The minimum absolute atomic E-state index is 0.0453. The normalized spacial score (nSPS) is 32.3. The zero-order valence-electron chi connectivity index (χ0n) is 15.1. The third-order valence-corrected chi connectivity index (χ3v) is 7.71. The Morgan fingerprint density at radius 2 is 2.08 bits per heavy atom. The number of hydrogen-bond donors (Lipinski definition) is 1. The van der Waals surface area contributed by atoms with Gasteiger partial charge in [-0.25, -0.2) is 4.98 Å². The number of pyridine rings is 1. The number of hydrogen-bond acceptors (Lipinski definition) is 2. The predicted octanol–water partition coefficient (Wildman–Crippen LogP) is 4.26. The van der Waals surface area contributed by atoms with Crippen molar-refractivity contribution in [2.75, 3.05) is 11.0 Å². The van der Waals surface area contributed by atoms with Crippen LogP contribution >= 0.6 is 22.6 Å². The molecule has 2 unspecified atom stereocenters. The highest BCUT2D eigenvalue weighted by molar-refractivity contribution is 14.1. The van der Waals surface area contributed by atoms with Crippen LogP contribution in [0, 0.1) is 23.2 Å². The van der Waals surface area contributed by atoms with Crippen molar-refractivity contribution in [2.24, 2.45) is 23.2 Å². The van der Waals surface area contributed by atoms with Crippen LogP contribution in [0.5, 0.6) is 0 Å². The van der Waals surface area contributed by atoms with Crippen LogP contribution in [-0.4, -0.2) is 26.3 Å². The van der Waals surface area contributed by atoms with Crippen molar-refractivity contribution in [3.8, 4) is 0 Å². The van der Waals surface area contributed by atoms with Crippen molar-refractivity contribution in [3.63, 3.8) is 0 Å². The summed E-state index contributed by atoms with van der Waals surface area (Å²) in [5.74, 6) is 2.87. The Kier molecular flexibility index (Phi) is 4.25. The Morgan fingerprint density at radius 3 is 2.81 bits per heavy atom. The number of nitrogens with zero attached hydrogens (tertiary/aromatic N) is 2. The first kappa shape index (κ1) is 17.0. The molecule has 0 radical (unpaired) electrons. The molecule has 2 aromatic rings. The molecule has 26 heavy (non-hydrogen) atoms. The van der Waals surface area contributed by atoms with Gasteiger partial charge >= 0.3 is 0 Å². The molecule has 5 heteroatoms. The second-order valence-electron chi connectivity index (χ2n) is 8.72. The minimum atomic E-state index is 0.0453. The lowest BCUT2D eigenvalue weighted by molar-refractivity contribution is 0.0896. The topological polar surface area (TPSA) is 46.4 Å². The maximum absolute atomic E-state index is 12.9. The molecule has 2 aromatic heterocycles.